The van der Waals surface area contributed by atoms with Gasteiger partial charge in [-0.05, 0) is 48.0 Å². The van der Waals surface area contributed by atoms with Gasteiger partial charge in [-0.15, -0.1) is 10.2 Å². The lowest BCUT2D eigenvalue weighted by molar-refractivity contribution is 0.102. The van der Waals surface area contributed by atoms with E-state index in [0.29, 0.717) is 22.3 Å². The molecule has 2 N–H and O–H groups in total. The Hall–Kier alpha value is -5.36. The monoisotopic (exact) mass is 473 g/mol. The van der Waals surface area contributed by atoms with E-state index >= 15 is 0 Å². The summed E-state index contributed by atoms with van der Waals surface area (Å²) in [4.78, 5) is 21.0. The predicted molar refractivity (Wildman–Crippen MR) is 137 cm³/mol. The Morgan fingerprint density at radius 2 is 1.83 bits per heavy atom. The van der Waals surface area contributed by atoms with Crippen molar-refractivity contribution in [2.45, 2.75) is 6.92 Å². The first kappa shape index (κ1) is 22.4. The molecule has 5 aromatic rings. The van der Waals surface area contributed by atoms with Crippen LogP contribution in [0.25, 0.3) is 21.4 Å². The van der Waals surface area contributed by atoms with Crippen LogP contribution in [0.2, 0.25) is 0 Å². The van der Waals surface area contributed by atoms with E-state index in [-0.39, 0.29) is 28.5 Å². The predicted octanol–water partition coefficient (Wildman–Crippen LogP) is 6.65. The highest BCUT2D eigenvalue weighted by molar-refractivity contribution is 6.16. The zero-order valence-corrected chi connectivity index (χ0v) is 19.1. The first-order chi connectivity index (χ1) is 17.5. The fourth-order valence-corrected chi connectivity index (χ4v) is 3.71. The van der Waals surface area contributed by atoms with Crippen molar-refractivity contribution in [3.05, 3.63) is 108 Å². The first-order valence-corrected chi connectivity index (χ1v) is 11.0. The number of anilines is 1. The number of hydrogen-bond donors (Lipinski definition) is 2. The van der Waals surface area contributed by atoms with Gasteiger partial charge in [-0.2, -0.15) is 5.10 Å². The molecule has 0 aliphatic heterocycles. The van der Waals surface area contributed by atoms with Crippen LogP contribution in [0.4, 0.5) is 22.9 Å². The van der Waals surface area contributed by atoms with E-state index in [9.17, 15) is 9.90 Å². The van der Waals surface area contributed by atoms with Crippen molar-refractivity contribution >= 4 is 39.6 Å². The van der Waals surface area contributed by atoms with Gasteiger partial charge in [-0.25, -0.2) is 14.5 Å². The van der Waals surface area contributed by atoms with E-state index in [0.717, 1.165) is 5.56 Å². The molecule has 0 fully saturated rings. The normalized spacial score (nSPS) is 11.0. The van der Waals surface area contributed by atoms with E-state index < -0.39 is 5.91 Å². The minimum Gasteiger partial charge on any atom is -0.505 e. The third-order valence-electron chi connectivity index (χ3n) is 5.50. The highest BCUT2D eigenvalue weighted by Gasteiger charge is 2.20. The third kappa shape index (κ3) is 4.26. The SMILES string of the molecule is [C-]#[N+]c1cnn(-c2ccccn2)c1N=Nc1cc2ccccc2c(C(=O)Nc2ccc(C)cc2)c1O. The lowest BCUT2D eigenvalue weighted by Crippen LogP contribution is -2.12. The van der Waals surface area contributed by atoms with Crippen molar-refractivity contribution in [2.24, 2.45) is 10.2 Å². The Balaban J connectivity index is 1.59. The van der Waals surface area contributed by atoms with Crippen molar-refractivity contribution in [1.82, 2.24) is 14.8 Å². The van der Waals surface area contributed by atoms with Crippen molar-refractivity contribution < 1.29 is 9.90 Å². The molecule has 0 saturated heterocycles. The van der Waals surface area contributed by atoms with Gasteiger partial charge in [0.1, 0.15) is 5.69 Å². The molecular weight excluding hydrogens is 454 g/mol. The van der Waals surface area contributed by atoms with Crippen LogP contribution >= 0.6 is 0 Å². The molecular formula is C27H19N7O2. The molecule has 3 aromatic carbocycles. The fourth-order valence-electron chi connectivity index (χ4n) is 3.71. The molecule has 36 heavy (non-hydrogen) atoms. The number of azo groups is 1. The maximum Gasteiger partial charge on any atom is 0.260 e. The second kappa shape index (κ2) is 9.48. The van der Waals surface area contributed by atoms with E-state index in [2.05, 4.69) is 30.5 Å². The van der Waals surface area contributed by atoms with Gasteiger partial charge in [0, 0.05) is 11.9 Å². The number of nitrogens with zero attached hydrogens (tertiary/aromatic N) is 6. The van der Waals surface area contributed by atoms with Crippen molar-refractivity contribution in [2.75, 3.05) is 5.32 Å². The third-order valence-corrected chi connectivity index (χ3v) is 5.50. The van der Waals surface area contributed by atoms with Crippen LogP contribution in [0.3, 0.4) is 0 Å². The summed E-state index contributed by atoms with van der Waals surface area (Å²) in [6.07, 6.45) is 2.97. The molecule has 9 heteroatoms. The number of nitrogens with one attached hydrogen (secondary N) is 1. The molecule has 174 valence electrons. The Bertz CT molecular complexity index is 1650. The lowest BCUT2D eigenvalue weighted by Gasteiger charge is -2.12. The Morgan fingerprint density at radius 3 is 2.58 bits per heavy atom. The summed E-state index contributed by atoms with van der Waals surface area (Å²) in [5.41, 5.74) is 1.98. The molecule has 0 unspecified atom stereocenters. The van der Waals surface area contributed by atoms with E-state index in [1.54, 1.807) is 54.7 Å². The quantitative estimate of drug-likeness (QED) is 0.220. The summed E-state index contributed by atoms with van der Waals surface area (Å²) < 4.78 is 1.39. The molecule has 2 heterocycles. The molecule has 5 rings (SSSR count). The minimum atomic E-state index is -0.482. The minimum absolute atomic E-state index is 0.0752. The second-order valence-electron chi connectivity index (χ2n) is 7.93. The Morgan fingerprint density at radius 1 is 1.06 bits per heavy atom. The van der Waals surface area contributed by atoms with E-state index in [1.165, 1.54) is 10.9 Å². The smallest absolute Gasteiger partial charge is 0.260 e. The number of phenols is 1. The average molecular weight is 473 g/mol. The number of aromatic nitrogens is 3. The van der Waals surface area contributed by atoms with Crippen LogP contribution in [0.5, 0.6) is 5.75 Å². The molecule has 0 aliphatic carbocycles. The maximum atomic E-state index is 13.3. The number of benzene rings is 3. The topological polar surface area (TPSA) is 109 Å². The van der Waals surface area contributed by atoms with Gasteiger partial charge in [0.25, 0.3) is 11.6 Å². The van der Waals surface area contributed by atoms with Crippen LogP contribution in [-0.2, 0) is 0 Å². The number of amides is 1. The molecule has 2 aromatic heterocycles. The van der Waals surface area contributed by atoms with Gasteiger partial charge in [0.2, 0.25) is 0 Å². The van der Waals surface area contributed by atoms with Crippen LogP contribution in [-0.4, -0.2) is 25.8 Å². The molecule has 0 saturated carbocycles. The second-order valence-corrected chi connectivity index (χ2v) is 7.93. The van der Waals surface area contributed by atoms with Gasteiger partial charge < -0.3 is 10.4 Å². The van der Waals surface area contributed by atoms with Crippen LogP contribution in [0.1, 0.15) is 15.9 Å². The molecule has 0 atom stereocenters. The summed E-state index contributed by atoms with van der Waals surface area (Å²) in [6.45, 7) is 9.41. The molecule has 0 aliphatic rings. The number of rotatable bonds is 5. The fraction of sp³-hybridized carbons (Fsp3) is 0.0370. The zero-order chi connectivity index (χ0) is 25.1. The average Bonchev–Trinajstić information content (AvgIpc) is 3.32. The summed E-state index contributed by atoms with van der Waals surface area (Å²) in [5.74, 6) is -0.190. The highest BCUT2D eigenvalue weighted by atomic mass is 16.3. The number of pyridine rings is 1. The van der Waals surface area contributed by atoms with Gasteiger partial charge >= 0.3 is 0 Å². The van der Waals surface area contributed by atoms with E-state index in [1.807, 2.05) is 31.2 Å². The lowest BCUT2D eigenvalue weighted by atomic mass is 10.0. The molecule has 1 amide bonds. The van der Waals surface area contributed by atoms with Crippen LogP contribution in [0, 0.1) is 13.5 Å². The number of aromatic hydroxyl groups is 1. The highest BCUT2D eigenvalue weighted by Crippen LogP contribution is 2.39. The van der Waals surface area contributed by atoms with Crippen LogP contribution < -0.4 is 5.32 Å². The summed E-state index contributed by atoms with van der Waals surface area (Å²) in [6, 6.07) is 21.5. The maximum absolute atomic E-state index is 13.3. The zero-order valence-electron chi connectivity index (χ0n) is 19.1. The number of carbonyl (C=O) groups excluding carboxylic acids is 1. The van der Waals surface area contributed by atoms with Crippen molar-refractivity contribution in [1.29, 1.82) is 0 Å². The van der Waals surface area contributed by atoms with E-state index in [4.69, 9.17) is 6.57 Å². The Kier molecular flexibility index (Phi) is 5.91. The Labute approximate surface area is 206 Å². The van der Waals surface area contributed by atoms with Crippen molar-refractivity contribution in [3.8, 4) is 11.6 Å². The molecule has 0 radical (unpaired) electrons. The number of aryl methyl sites for hydroxylation is 1. The molecule has 0 spiro atoms. The van der Waals surface area contributed by atoms with Gasteiger partial charge in [-0.3, -0.25) is 4.79 Å². The summed E-state index contributed by atoms with van der Waals surface area (Å²) in [5, 5.41) is 27.9. The largest absolute Gasteiger partial charge is 0.505 e. The van der Waals surface area contributed by atoms with Gasteiger partial charge in [0.15, 0.2) is 17.4 Å². The number of hydrogen-bond acceptors (Lipinski definition) is 6. The molecule has 9 nitrogen and oxygen atoms in total. The number of fused-ring (bicyclic) bond motifs is 1. The standard InChI is InChI=1S/C27H19N7O2/c1-17-10-12-19(13-11-17)31-27(36)24-20-8-4-3-7-18(20)15-21(25(24)35)32-33-26-22(28-2)16-30-34(26)23-9-5-6-14-29-23/h3-16,35H,1H3,(H,31,36). The first-order valence-electron chi connectivity index (χ1n) is 11.0. The number of phenolic OH excluding ortho intramolecular Hbond substituents is 1. The molecule has 0 bridgehead atoms. The summed E-state index contributed by atoms with van der Waals surface area (Å²) >= 11 is 0. The summed E-state index contributed by atoms with van der Waals surface area (Å²) in [7, 11) is 0. The van der Waals surface area contributed by atoms with Crippen molar-refractivity contribution in [3.63, 3.8) is 0 Å². The van der Waals surface area contributed by atoms with Gasteiger partial charge in [-0.1, -0.05) is 48.0 Å². The number of carbonyl (C=O) groups is 1. The van der Waals surface area contributed by atoms with Crippen LogP contribution in [0.15, 0.2) is 95.4 Å². The van der Waals surface area contributed by atoms with Gasteiger partial charge in [0.05, 0.1) is 18.3 Å².